The van der Waals surface area contributed by atoms with E-state index in [1.165, 1.54) is 0 Å². The summed E-state index contributed by atoms with van der Waals surface area (Å²) in [5, 5.41) is 18.2. The van der Waals surface area contributed by atoms with Crippen molar-refractivity contribution in [3.8, 4) is 0 Å². The number of hydrogen-bond donors (Lipinski definition) is 3. The molecule has 0 bridgehead atoms. The largest absolute Gasteiger partial charge is 0.437 e. The monoisotopic (exact) mass is 439 g/mol. The number of rotatable bonds is 10. The van der Waals surface area contributed by atoms with Crippen LogP contribution in [0.3, 0.4) is 0 Å². The molecule has 3 aromatic rings. The standard InChI is InChI=1S/C24H31BClN3O2/c1-17(2)23(27-12-7-13-28-25(3)31)22-15-19-14-20(26)10-11-21(19)24(30)29(22)16-18-8-5-4-6-9-18/h4-6,8-11,14-15,17,23,27-28,31H,7,12-13,16H2,1-3H3. The van der Waals surface area contributed by atoms with Gasteiger partial charge in [0.2, 0.25) is 0 Å². The summed E-state index contributed by atoms with van der Waals surface area (Å²) in [6.07, 6.45) is 0.871. The topological polar surface area (TPSA) is 66.3 Å². The van der Waals surface area contributed by atoms with Gasteiger partial charge >= 0.3 is 7.05 Å². The van der Waals surface area contributed by atoms with Gasteiger partial charge in [0.05, 0.1) is 6.54 Å². The van der Waals surface area contributed by atoms with E-state index in [4.69, 9.17) is 11.6 Å². The predicted molar refractivity (Wildman–Crippen MR) is 131 cm³/mol. The van der Waals surface area contributed by atoms with Crippen molar-refractivity contribution in [2.24, 2.45) is 5.92 Å². The fraction of sp³-hybridized carbons (Fsp3) is 0.375. The van der Waals surface area contributed by atoms with Crippen LogP contribution in [0.4, 0.5) is 0 Å². The van der Waals surface area contributed by atoms with Gasteiger partial charge < -0.3 is 20.1 Å². The zero-order chi connectivity index (χ0) is 22.4. The molecular formula is C24H31BClN3O2. The van der Waals surface area contributed by atoms with Gasteiger partial charge in [0, 0.05) is 22.1 Å². The molecule has 1 aromatic heterocycles. The Hall–Kier alpha value is -2.12. The number of nitrogens with one attached hydrogen (secondary N) is 2. The molecular weight excluding hydrogens is 409 g/mol. The average molecular weight is 440 g/mol. The maximum atomic E-state index is 13.5. The Labute approximate surface area is 189 Å². The lowest BCUT2D eigenvalue weighted by atomic mass is 9.89. The zero-order valence-electron chi connectivity index (χ0n) is 18.4. The highest BCUT2D eigenvalue weighted by molar-refractivity contribution is 6.45. The Morgan fingerprint density at radius 2 is 1.84 bits per heavy atom. The van der Waals surface area contributed by atoms with Crippen molar-refractivity contribution in [1.29, 1.82) is 0 Å². The minimum absolute atomic E-state index is 0.00348. The smallest absolute Gasteiger partial charge is 0.373 e. The van der Waals surface area contributed by atoms with E-state index in [2.05, 4.69) is 30.5 Å². The number of aromatic nitrogens is 1. The number of nitrogens with zero attached hydrogens (tertiary/aromatic N) is 1. The molecule has 1 unspecified atom stereocenters. The number of halogens is 1. The second-order valence-corrected chi connectivity index (χ2v) is 8.77. The SMILES string of the molecule is CB(O)NCCCNC(c1cc2cc(Cl)ccc2c(=O)n1Cc1ccccc1)C(C)C. The zero-order valence-corrected chi connectivity index (χ0v) is 19.2. The molecule has 0 fully saturated rings. The maximum Gasteiger partial charge on any atom is 0.373 e. The molecule has 0 spiro atoms. The van der Waals surface area contributed by atoms with Gasteiger partial charge in [-0.1, -0.05) is 55.8 Å². The highest BCUT2D eigenvalue weighted by Gasteiger charge is 2.21. The van der Waals surface area contributed by atoms with Crippen LogP contribution in [0, 0.1) is 5.92 Å². The van der Waals surface area contributed by atoms with Crippen LogP contribution in [0.2, 0.25) is 11.8 Å². The van der Waals surface area contributed by atoms with Crippen LogP contribution in [0.15, 0.2) is 59.4 Å². The van der Waals surface area contributed by atoms with Gasteiger partial charge in [-0.25, -0.2) is 0 Å². The molecule has 2 aromatic carbocycles. The second-order valence-electron chi connectivity index (χ2n) is 8.34. The minimum Gasteiger partial charge on any atom is -0.437 e. The lowest BCUT2D eigenvalue weighted by Crippen LogP contribution is -2.36. The van der Waals surface area contributed by atoms with E-state index in [9.17, 15) is 9.82 Å². The van der Waals surface area contributed by atoms with E-state index in [0.29, 0.717) is 17.0 Å². The van der Waals surface area contributed by atoms with Gasteiger partial charge in [-0.3, -0.25) is 4.79 Å². The van der Waals surface area contributed by atoms with Crippen LogP contribution < -0.4 is 16.1 Å². The van der Waals surface area contributed by atoms with E-state index in [-0.39, 0.29) is 17.5 Å². The van der Waals surface area contributed by atoms with Crippen molar-refractivity contribution in [1.82, 2.24) is 15.1 Å². The highest BCUT2D eigenvalue weighted by Crippen LogP contribution is 2.26. The van der Waals surface area contributed by atoms with Crippen molar-refractivity contribution < 1.29 is 5.02 Å². The number of hydrogen-bond acceptors (Lipinski definition) is 4. The minimum atomic E-state index is -0.512. The third-order valence-electron chi connectivity index (χ3n) is 5.43. The average Bonchev–Trinajstić information content (AvgIpc) is 2.73. The fourth-order valence-corrected chi connectivity index (χ4v) is 4.05. The third-order valence-corrected chi connectivity index (χ3v) is 5.67. The van der Waals surface area contributed by atoms with Crippen molar-refractivity contribution >= 4 is 29.4 Å². The van der Waals surface area contributed by atoms with Gasteiger partial charge in [0.1, 0.15) is 0 Å². The van der Waals surface area contributed by atoms with Gasteiger partial charge in [0.25, 0.3) is 5.56 Å². The summed E-state index contributed by atoms with van der Waals surface area (Å²) in [5.41, 5.74) is 2.04. The van der Waals surface area contributed by atoms with Crippen LogP contribution in [0.1, 0.15) is 37.6 Å². The molecule has 1 heterocycles. The van der Waals surface area contributed by atoms with Crippen molar-refractivity contribution in [2.75, 3.05) is 13.1 Å². The van der Waals surface area contributed by atoms with E-state index in [0.717, 1.165) is 36.2 Å². The van der Waals surface area contributed by atoms with Gasteiger partial charge in [-0.2, -0.15) is 0 Å². The van der Waals surface area contributed by atoms with Crippen molar-refractivity contribution in [3.63, 3.8) is 0 Å². The molecule has 0 amide bonds. The Balaban J connectivity index is 1.99. The first-order chi connectivity index (χ1) is 14.9. The Morgan fingerprint density at radius 3 is 2.52 bits per heavy atom. The lowest BCUT2D eigenvalue weighted by Gasteiger charge is -2.27. The molecule has 0 saturated carbocycles. The van der Waals surface area contributed by atoms with Gasteiger partial charge in [-0.05, 0) is 67.5 Å². The summed E-state index contributed by atoms with van der Waals surface area (Å²) in [6.45, 7) is 8.04. The molecule has 3 N–H and O–H groups in total. The first-order valence-corrected chi connectivity index (χ1v) is 11.3. The molecule has 5 nitrogen and oxygen atoms in total. The summed E-state index contributed by atoms with van der Waals surface area (Å²) in [5.74, 6) is 0.280. The third kappa shape index (κ3) is 6.20. The molecule has 0 aliphatic rings. The Morgan fingerprint density at radius 1 is 1.10 bits per heavy atom. The maximum absolute atomic E-state index is 13.5. The van der Waals surface area contributed by atoms with E-state index in [1.54, 1.807) is 12.9 Å². The number of fused-ring (bicyclic) bond motifs is 1. The first kappa shape index (κ1) is 23.5. The molecule has 0 aliphatic carbocycles. The molecule has 164 valence electrons. The fourth-order valence-electron chi connectivity index (χ4n) is 3.87. The van der Waals surface area contributed by atoms with E-state index >= 15 is 0 Å². The van der Waals surface area contributed by atoms with Crippen LogP contribution in [0.5, 0.6) is 0 Å². The molecule has 7 heteroatoms. The Bertz CT molecular complexity index is 1050. The summed E-state index contributed by atoms with van der Waals surface area (Å²) < 4.78 is 1.89. The Kier molecular flexibility index (Phi) is 8.32. The van der Waals surface area contributed by atoms with Gasteiger partial charge in [0.15, 0.2) is 0 Å². The van der Waals surface area contributed by atoms with Crippen molar-refractivity contribution in [2.45, 2.75) is 39.7 Å². The summed E-state index contributed by atoms with van der Waals surface area (Å²) >= 11 is 6.23. The molecule has 0 saturated heterocycles. The molecule has 3 rings (SSSR count). The van der Waals surface area contributed by atoms with E-state index < -0.39 is 7.05 Å². The molecule has 31 heavy (non-hydrogen) atoms. The molecule has 0 radical (unpaired) electrons. The number of pyridine rings is 1. The summed E-state index contributed by atoms with van der Waals surface area (Å²) in [6, 6.07) is 17.6. The van der Waals surface area contributed by atoms with Gasteiger partial charge in [-0.15, -0.1) is 0 Å². The number of benzene rings is 2. The first-order valence-electron chi connectivity index (χ1n) is 10.9. The summed E-state index contributed by atoms with van der Waals surface area (Å²) in [7, 11) is -0.512. The van der Waals surface area contributed by atoms with Crippen LogP contribution in [-0.4, -0.2) is 29.7 Å². The second kappa shape index (κ2) is 11.0. The van der Waals surface area contributed by atoms with Crippen molar-refractivity contribution in [3.05, 3.63) is 81.2 Å². The van der Waals surface area contributed by atoms with Crippen LogP contribution in [0.25, 0.3) is 10.8 Å². The van der Waals surface area contributed by atoms with Crippen LogP contribution >= 0.6 is 11.6 Å². The molecule has 1 atom stereocenters. The van der Waals surface area contributed by atoms with Crippen LogP contribution in [-0.2, 0) is 6.54 Å². The quantitative estimate of drug-likeness (QED) is 0.329. The highest BCUT2D eigenvalue weighted by atomic mass is 35.5. The van der Waals surface area contributed by atoms with E-state index in [1.807, 2.05) is 47.0 Å². The summed E-state index contributed by atoms with van der Waals surface area (Å²) in [4.78, 5) is 13.5. The predicted octanol–water partition coefficient (Wildman–Crippen LogP) is 4.08. The molecule has 0 aliphatic heterocycles. The normalized spacial score (nSPS) is 12.5. The lowest BCUT2D eigenvalue weighted by molar-refractivity contribution is 0.386.